The fourth-order valence-corrected chi connectivity index (χ4v) is 3.52. The highest BCUT2D eigenvalue weighted by Crippen LogP contribution is 2.36. The molecule has 1 N–H and O–H groups in total. The molecule has 0 amide bonds. The first-order valence-electron chi connectivity index (χ1n) is 6.40. The van der Waals surface area contributed by atoms with Crippen molar-refractivity contribution in [1.82, 2.24) is 0 Å². The molecule has 1 aromatic carbocycles. The summed E-state index contributed by atoms with van der Waals surface area (Å²) in [5.41, 5.74) is 2.54. The molecule has 2 aliphatic heterocycles. The van der Waals surface area contributed by atoms with Crippen molar-refractivity contribution in [3.63, 3.8) is 0 Å². The van der Waals surface area contributed by atoms with Crippen molar-refractivity contribution in [2.24, 2.45) is 4.99 Å². The first-order chi connectivity index (χ1) is 8.76. The average molecular weight is 262 g/mol. The van der Waals surface area contributed by atoms with E-state index in [1.807, 2.05) is 11.8 Å². The van der Waals surface area contributed by atoms with Crippen molar-refractivity contribution in [2.75, 3.05) is 24.3 Å². The number of hydrogen-bond donors (Lipinski definition) is 1. The fourth-order valence-electron chi connectivity index (χ4n) is 2.31. The van der Waals surface area contributed by atoms with E-state index in [-0.39, 0.29) is 5.54 Å². The largest absolute Gasteiger partial charge is 0.381 e. The number of nitrogens with one attached hydrogen (secondary N) is 1. The summed E-state index contributed by atoms with van der Waals surface area (Å²) in [6.07, 6.45) is 2.11. The maximum Gasteiger partial charge on any atom is 0.161 e. The van der Waals surface area contributed by atoms with Gasteiger partial charge in [-0.1, -0.05) is 29.5 Å². The van der Waals surface area contributed by atoms with Crippen molar-refractivity contribution >= 4 is 22.6 Å². The van der Waals surface area contributed by atoms with Crippen LogP contribution in [0, 0.1) is 6.92 Å². The van der Waals surface area contributed by atoms with Gasteiger partial charge in [0, 0.05) is 24.7 Å². The smallest absolute Gasteiger partial charge is 0.161 e. The topological polar surface area (TPSA) is 33.6 Å². The molecular formula is C14H18N2OS. The average Bonchev–Trinajstić information content (AvgIpc) is 2.76. The van der Waals surface area contributed by atoms with Crippen LogP contribution in [-0.4, -0.2) is 29.7 Å². The number of aryl methyl sites for hydroxylation is 1. The van der Waals surface area contributed by atoms with Gasteiger partial charge in [-0.25, -0.2) is 0 Å². The molecule has 1 saturated heterocycles. The van der Waals surface area contributed by atoms with E-state index in [0.29, 0.717) is 0 Å². The van der Waals surface area contributed by atoms with Crippen molar-refractivity contribution in [1.29, 1.82) is 0 Å². The summed E-state index contributed by atoms with van der Waals surface area (Å²) in [7, 11) is 0. The summed E-state index contributed by atoms with van der Waals surface area (Å²) in [5.74, 6) is 1.09. The summed E-state index contributed by atoms with van der Waals surface area (Å²) >= 11 is 1.83. The quantitative estimate of drug-likeness (QED) is 0.844. The molecule has 0 radical (unpaired) electrons. The van der Waals surface area contributed by atoms with Gasteiger partial charge in [-0.15, -0.1) is 0 Å². The van der Waals surface area contributed by atoms with E-state index in [4.69, 9.17) is 9.73 Å². The maximum atomic E-state index is 5.42. The molecule has 96 valence electrons. The van der Waals surface area contributed by atoms with Crippen LogP contribution in [-0.2, 0) is 4.74 Å². The van der Waals surface area contributed by atoms with E-state index in [9.17, 15) is 0 Å². The molecule has 0 unspecified atom stereocenters. The number of anilines is 1. The monoisotopic (exact) mass is 262 g/mol. The van der Waals surface area contributed by atoms with Crippen LogP contribution in [0.4, 0.5) is 5.69 Å². The molecule has 0 aromatic heterocycles. The molecule has 3 rings (SSSR count). The molecular weight excluding hydrogens is 244 g/mol. The van der Waals surface area contributed by atoms with Crippen LogP contribution in [0.2, 0.25) is 0 Å². The predicted octanol–water partition coefficient (Wildman–Crippen LogP) is 3.06. The standard InChI is InChI=1S/C14H18N2OS/c1-11-2-4-12(5-3-11)15-13-16-14(10-18-13)6-8-17-9-7-14/h2-5H,6-10H2,1H3,(H,15,16). The van der Waals surface area contributed by atoms with E-state index in [1.165, 1.54) is 5.56 Å². The second-order valence-corrected chi connectivity index (χ2v) is 6.00. The van der Waals surface area contributed by atoms with Crippen LogP contribution in [0.5, 0.6) is 0 Å². The van der Waals surface area contributed by atoms with E-state index in [1.54, 1.807) is 0 Å². The Morgan fingerprint density at radius 3 is 2.67 bits per heavy atom. The first-order valence-corrected chi connectivity index (χ1v) is 7.38. The van der Waals surface area contributed by atoms with Gasteiger partial charge in [0.15, 0.2) is 5.17 Å². The third-order valence-electron chi connectivity index (χ3n) is 3.54. The van der Waals surface area contributed by atoms with E-state index >= 15 is 0 Å². The molecule has 3 nitrogen and oxygen atoms in total. The van der Waals surface area contributed by atoms with Crippen LogP contribution in [0.25, 0.3) is 0 Å². The van der Waals surface area contributed by atoms with Crippen LogP contribution in [0.15, 0.2) is 29.3 Å². The SMILES string of the molecule is Cc1ccc(NC2=NC3(CCOCC3)CS2)cc1. The summed E-state index contributed by atoms with van der Waals surface area (Å²) < 4.78 is 5.42. The zero-order valence-electron chi connectivity index (χ0n) is 10.6. The zero-order valence-corrected chi connectivity index (χ0v) is 11.4. The minimum Gasteiger partial charge on any atom is -0.381 e. The van der Waals surface area contributed by atoms with Gasteiger partial charge >= 0.3 is 0 Å². The Hall–Kier alpha value is -1.00. The van der Waals surface area contributed by atoms with Gasteiger partial charge in [-0.3, -0.25) is 4.99 Å². The Morgan fingerprint density at radius 2 is 1.94 bits per heavy atom. The van der Waals surface area contributed by atoms with Crippen LogP contribution in [0.3, 0.4) is 0 Å². The Bertz CT molecular complexity index is 449. The van der Waals surface area contributed by atoms with E-state index in [0.717, 1.165) is 42.7 Å². The fraction of sp³-hybridized carbons (Fsp3) is 0.500. The van der Waals surface area contributed by atoms with E-state index in [2.05, 4.69) is 36.5 Å². The van der Waals surface area contributed by atoms with Crippen molar-refractivity contribution in [2.45, 2.75) is 25.3 Å². The van der Waals surface area contributed by atoms with Crippen LogP contribution >= 0.6 is 11.8 Å². The number of benzene rings is 1. The second kappa shape index (κ2) is 4.94. The highest BCUT2D eigenvalue weighted by molar-refractivity contribution is 8.14. The van der Waals surface area contributed by atoms with Gasteiger partial charge in [0.2, 0.25) is 0 Å². The summed E-state index contributed by atoms with van der Waals surface area (Å²) in [6, 6.07) is 8.44. The summed E-state index contributed by atoms with van der Waals surface area (Å²) in [4.78, 5) is 4.89. The lowest BCUT2D eigenvalue weighted by atomic mass is 9.93. The van der Waals surface area contributed by atoms with Gasteiger partial charge in [-0.2, -0.15) is 0 Å². The van der Waals surface area contributed by atoms with Gasteiger partial charge in [0.1, 0.15) is 0 Å². The molecule has 2 heterocycles. The van der Waals surface area contributed by atoms with E-state index < -0.39 is 0 Å². The number of amidine groups is 1. The normalized spacial score (nSPS) is 21.9. The van der Waals surface area contributed by atoms with Gasteiger partial charge in [0.05, 0.1) is 5.54 Å². The molecule has 2 aliphatic rings. The number of rotatable bonds is 1. The third kappa shape index (κ3) is 2.54. The van der Waals surface area contributed by atoms with Gasteiger partial charge < -0.3 is 10.1 Å². The zero-order chi connectivity index (χ0) is 12.4. The number of thioether (sulfide) groups is 1. The predicted molar refractivity (Wildman–Crippen MR) is 77.5 cm³/mol. The Labute approximate surface area is 112 Å². The highest BCUT2D eigenvalue weighted by Gasteiger charge is 2.37. The van der Waals surface area contributed by atoms with Crippen molar-refractivity contribution < 1.29 is 4.74 Å². The first kappa shape index (κ1) is 12.1. The maximum absolute atomic E-state index is 5.42. The minimum absolute atomic E-state index is 0.135. The number of aliphatic imine (C=N–C) groups is 1. The molecule has 1 spiro atoms. The molecule has 0 bridgehead atoms. The van der Waals surface area contributed by atoms with Crippen LogP contribution < -0.4 is 5.32 Å². The highest BCUT2D eigenvalue weighted by atomic mass is 32.2. The lowest BCUT2D eigenvalue weighted by molar-refractivity contribution is 0.0624. The molecule has 0 aliphatic carbocycles. The molecule has 0 saturated carbocycles. The minimum atomic E-state index is 0.135. The molecule has 0 atom stereocenters. The molecule has 1 fully saturated rings. The molecule has 1 aromatic rings. The summed E-state index contributed by atoms with van der Waals surface area (Å²) in [6.45, 7) is 3.80. The lowest BCUT2D eigenvalue weighted by Gasteiger charge is -2.29. The Kier molecular flexibility index (Phi) is 3.31. The van der Waals surface area contributed by atoms with Crippen LogP contribution in [0.1, 0.15) is 18.4 Å². The molecule has 18 heavy (non-hydrogen) atoms. The van der Waals surface area contributed by atoms with Crippen molar-refractivity contribution in [3.05, 3.63) is 29.8 Å². The van der Waals surface area contributed by atoms with Crippen molar-refractivity contribution in [3.8, 4) is 0 Å². The second-order valence-electron chi connectivity index (χ2n) is 5.03. The summed E-state index contributed by atoms with van der Waals surface area (Å²) in [5, 5.41) is 4.47. The Morgan fingerprint density at radius 1 is 1.22 bits per heavy atom. The van der Waals surface area contributed by atoms with Gasteiger partial charge in [-0.05, 0) is 31.9 Å². The number of hydrogen-bond acceptors (Lipinski definition) is 4. The number of nitrogens with zero attached hydrogens (tertiary/aromatic N) is 1. The molecule has 4 heteroatoms. The van der Waals surface area contributed by atoms with Gasteiger partial charge in [0.25, 0.3) is 0 Å². The third-order valence-corrected chi connectivity index (χ3v) is 4.69. The number of ether oxygens (including phenoxy) is 1. The Balaban J connectivity index is 1.70. The lowest BCUT2D eigenvalue weighted by Crippen LogP contribution is -2.34.